The van der Waals surface area contributed by atoms with Crippen LogP contribution >= 0.6 is 47.1 Å². The highest BCUT2D eigenvalue weighted by molar-refractivity contribution is 7.99. The molecule has 0 N–H and O–H groups in total. The Bertz CT molecular complexity index is 991. The van der Waals surface area contributed by atoms with E-state index in [0.29, 0.717) is 16.7 Å². The number of amides is 1. The number of aryl methyl sites for hydroxylation is 1. The Labute approximate surface area is 191 Å². The number of aromatic nitrogens is 1. The molecule has 1 heterocycles. The molecular weight excluding hydrogens is 445 g/mol. The Morgan fingerprint density at radius 1 is 1.21 bits per heavy atom. The first-order valence-corrected chi connectivity index (χ1v) is 11.3. The molecule has 0 spiro atoms. The van der Waals surface area contributed by atoms with Crippen LogP contribution in [0.1, 0.15) is 22.8 Å². The minimum Gasteiger partial charge on any atom is -0.308 e. The topological polar surface area (TPSA) is 36.4 Å². The molecule has 1 aromatic heterocycles. The summed E-state index contributed by atoms with van der Waals surface area (Å²) in [4.78, 5) is 23.2. The standard InChI is InChI=1S/C21H24ClN3OS2.ClH/c1-5-27-17-9-7-6-8-16(17)20(26)25(11-10-24(3)4)21-23-19-14(2)12-15(22)13-18(19)28-21;/h6-9,12-13H,5,10-11H2,1-4H3;1H. The van der Waals surface area contributed by atoms with Gasteiger partial charge < -0.3 is 4.90 Å². The molecule has 0 bridgehead atoms. The highest BCUT2D eigenvalue weighted by Gasteiger charge is 2.24. The van der Waals surface area contributed by atoms with Crippen LogP contribution in [0.4, 0.5) is 5.13 Å². The van der Waals surface area contributed by atoms with E-state index in [4.69, 9.17) is 16.6 Å². The van der Waals surface area contributed by atoms with E-state index >= 15 is 0 Å². The molecule has 0 aliphatic carbocycles. The summed E-state index contributed by atoms with van der Waals surface area (Å²) >= 11 is 9.41. The molecule has 0 atom stereocenters. The molecule has 0 aliphatic heterocycles. The molecule has 1 amide bonds. The average molecular weight is 470 g/mol. The zero-order chi connectivity index (χ0) is 20.3. The molecule has 29 heavy (non-hydrogen) atoms. The maximum absolute atomic E-state index is 13.5. The largest absolute Gasteiger partial charge is 0.308 e. The fourth-order valence-electron chi connectivity index (χ4n) is 2.91. The molecule has 0 saturated carbocycles. The molecule has 156 valence electrons. The summed E-state index contributed by atoms with van der Waals surface area (Å²) < 4.78 is 0.999. The monoisotopic (exact) mass is 469 g/mol. The number of fused-ring (bicyclic) bond motifs is 1. The van der Waals surface area contributed by atoms with Gasteiger partial charge in [-0.3, -0.25) is 9.69 Å². The summed E-state index contributed by atoms with van der Waals surface area (Å²) in [7, 11) is 4.01. The molecule has 3 rings (SSSR count). The average Bonchev–Trinajstić information content (AvgIpc) is 3.06. The molecular formula is C21H25Cl2N3OS2. The van der Waals surface area contributed by atoms with Crippen LogP contribution in [0.15, 0.2) is 41.3 Å². The minimum absolute atomic E-state index is 0. The van der Waals surface area contributed by atoms with Crippen molar-refractivity contribution >= 4 is 68.4 Å². The summed E-state index contributed by atoms with van der Waals surface area (Å²) in [6.45, 7) is 5.42. The van der Waals surface area contributed by atoms with E-state index in [2.05, 4.69) is 11.8 Å². The van der Waals surface area contributed by atoms with Gasteiger partial charge in [-0.2, -0.15) is 0 Å². The van der Waals surface area contributed by atoms with E-state index in [1.807, 2.05) is 57.4 Å². The zero-order valence-electron chi connectivity index (χ0n) is 16.9. The van der Waals surface area contributed by atoms with Crippen LogP contribution in [0.25, 0.3) is 10.2 Å². The first-order chi connectivity index (χ1) is 13.4. The molecule has 4 nitrogen and oxygen atoms in total. The van der Waals surface area contributed by atoms with E-state index in [1.54, 1.807) is 16.7 Å². The van der Waals surface area contributed by atoms with Gasteiger partial charge in [-0.15, -0.1) is 24.2 Å². The lowest BCUT2D eigenvalue weighted by molar-refractivity contribution is 0.0982. The number of thioether (sulfide) groups is 1. The van der Waals surface area contributed by atoms with Gasteiger partial charge in [0.05, 0.1) is 15.8 Å². The first-order valence-electron chi connectivity index (χ1n) is 9.15. The van der Waals surface area contributed by atoms with Crippen LogP contribution < -0.4 is 4.90 Å². The predicted octanol–water partition coefficient (Wildman–Crippen LogP) is 6.00. The number of nitrogens with zero attached hydrogens (tertiary/aromatic N) is 3. The summed E-state index contributed by atoms with van der Waals surface area (Å²) in [5, 5.41) is 1.40. The Kier molecular flexibility index (Phi) is 8.79. The SMILES string of the molecule is CCSc1ccccc1C(=O)N(CCN(C)C)c1nc2c(C)cc(Cl)cc2s1.Cl. The van der Waals surface area contributed by atoms with E-state index in [-0.39, 0.29) is 18.3 Å². The zero-order valence-corrected chi connectivity index (χ0v) is 20.1. The van der Waals surface area contributed by atoms with Crippen molar-refractivity contribution in [2.45, 2.75) is 18.7 Å². The third-order valence-electron chi connectivity index (χ3n) is 4.30. The Hall–Kier alpha value is -1.31. The van der Waals surface area contributed by atoms with Gasteiger partial charge in [0.15, 0.2) is 5.13 Å². The number of hydrogen-bond acceptors (Lipinski definition) is 5. The highest BCUT2D eigenvalue weighted by atomic mass is 35.5. The number of carbonyl (C=O) groups is 1. The van der Waals surface area contributed by atoms with Gasteiger partial charge in [-0.05, 0) is 56.6 Å². The number of carbonyl (C=O) groups excluding carboxylic acids is 1. The third-order valence-corrected chi connectivity index (χ3v) is 6.50. The molecule has 3 aromatic rings. The van der Waals surface area contributed by atoms with Crippen molar-refractivity contribution in [1.82, 2.24) is 9.88 Å². The molecule has 0 aliphatic rings. The second-order valence-corrected chi connectivity index (χ2v) is 9.51. The van der Waals surface area contributed by atoms with E-state index in [9.17, 15) is 4.79 Å². The molecule has 8 heteroatoms. The van der Waals surface area contributed by atoms with Gasteiger partial charge >= 0.3 is 0 Å². The van der Waals surface area contributed by atoms with Crippen molar-refractivity contribution in [2.24, 2.45) is 0 Å². The summed E-state index contributed by atoms with van der Waals surface area (Å²) in [5.74, 6) is 0.905. The van der Waals surface area contributed by atoms with E-state index in [1.165, 1.54) is 11.3 Å². The lowest BCUT2D eigenvalue weighted by Crippen LogP contribution is -2.37. The maximum Gasteiger partial charge on any atom is 0.261 e. The van der Waals surface area contributed by atoms with Crippen LogP contribution in [-0.4, -0.2) is 48.7 Å². The fraction of sp³-hybridized carbons (Fsp3) is 0.333. The van der Waals surface area contributed by atoms with Crippen molar-refractivity contribution in [3.63, 3.8) is 0 Å². The summed E-state index contributed by atoms with van der Waals surface area (Å²) in [5.41, 5.74) is 2.65. The van der Waals surface area contributed by atoms with Crippen LogP contribution in [0.5, 0.6) is 0 Å². The molecule has 0 saturated heterocycles. The molecule has 0 fully saturated rings. The van der Waals surface area contributed by atoms with Crippen molar-refractivity contribution in [2.75, 3.05) is 37.8 Å². The minimum atomic E-state index is -0.0128. The number of rotatable bonds is 7. The number of anilines is 1. The van der Waals surface area contributed by atoms with Gasteiger partial charge in [0, 0.05) is 23.0 Å². The normalized spacial score (nSPS) is 11.0. The van der Waals surface area contributed by atoms with E-state index < -0.39 is 0 Å². The Morgan fingerprint density at radius 2 is 1.93 bits per heavy atom. The molecule has 0 unspecified atom stereocenters. The molecule has 2 aromatic carbocycles. The smallest absolute Gasteiger partial charge is 0.261 e. The number of thiazole rings is 1. The Balaban J connectivity index is 0.00000300. The van der Waals surface area contributed by atoms with Crippen LogP contribution in [0.3, 0.4) is 0 Å². The van der Waals surface area contributed by atoms with Crippen molar-refractivity contribution in [1.29, 1.82) is 0 Å². The number of halogens is 2. The summed E-state index contributed by atoms with van der Waals surface area (Å²) in [6.07, 6.45) is 0. The van der Waals surface area contributed by atoms with Crippen LogP contribution in [0, 0.1) is 6.92 Å². The number of likely N-dealkylation sites (N-methyl/N-ethyl adjacent to an activating group) is 1. The second kappa shape index (κ2) is 10.6. The Morgan fingerprint density at radius 3 is 2.62 bits per heavy atom. The van der Waals surface area contributed by atoms with Gasteiger partial charge in [-0.1, -0.05) is 42.0 Å². The van der Waals surface area contributed by atoms with Crippen LogP contribution in [-0.2, 0) is 0 Å². The van der Waals surface area contributed by atoms with E-state index in [0.717, 1.165) is 38.5 Å². The second-order valence-electron chi connectivity index (χ2n) is 6.76. The predicted molar refractivity (Wildman–Crippen MR) is 130 cm³/mol. The van der Waals surface area contributed by atoms with Gasteiger partial charge in [-0.25, -0.2) is 4.98 Å². The number of hydrogen-bond donors (Lipinski definition) is 0. The molecule has 0 radical (unpaired) electrons. The lowest BCUT2D eigenvalue weighted by Gasteiger charge is -2.23. The van der Waals surface area contributed by atoms with Crippen LogP contribution in [0.2, 0.25) is 5.02 Å². The quantitative estimate of drug-likeness (QED) is 0.397. The highest BCUT2D eigenvalue weighted by Crippen LogP contribution is 2.34. The van der Waals surface area contributed by atoms with Gasteiger partial charge in [0.25, 0.3) is 5.91 Å². The van der Waals surface area contributed by atoms with Crippen molar-refractivity contribution in [3.8, 4) is 0 Å². The lowest BCUT2D eigenvalue weighted by atomic mass is 10.2. The van der Waals surface area contributed by atoms with Gasteiger partial charge in [0.2, 0.25) is 0 Å². The number of benzene rings is 2. The van der Waals surface area contributed by atoms with Crippen molar-refractivity contribution < 1.29 is 4.79 Å². The maximum atomic E-state index is 13.5. The fourth-order valence-corrected chi connectivity index (χ4v) is 5.15. The third kappa shape index (κ3) is 5.64. The van der Waals surface area contributed by atoms with Crippen molar-refractivity contribution in [3.05, 3.63) is 52.5 Å². The summed E-state index contributed by atoms with van der Waals surface area (Å²) in [6, 6.07) is 11.6. The van der Waals surface area contributed by atoms with Gasteiger partial charge in [0.1, 0.15) is 0 Å². The first kappa shape index (κ1) is 24.0.